The van der Waals surface area contributed by atoms with Crippen molar-refractivity contribution in [1.82, 2.24) is 25.3 Å². The molecule has 66 heavy (non-hydrogen) atoms. The number of carbonyl (C=O) groups is 2. The average molecular weight is 944 g/mol. The minimum atomic E-state index is -1.11. The van der Waals surface area contributed by atoms with Gasteiger partial charge in [-0.05, 0) is 98.5 Å². The molecule has 6 rings (SSSR count). The number of aromatic carboxylic acids is 1. The van der Waals surface area contributed by atoms with Gasteiger partial charge < -0.3 is 37.0 Å². The van der Waals surface area contributed by atoms with Gasteiger partial charge in [-0.15, -0.1) is 0 Å². The smallest absolute Gasteiger partial charge is 0.339 e. The van der Waals surface area contributed by atoms with E-state index in [0.29, 0.717) is 72.9 Å². The molecule has 13 nitrogen and oxygen atoms in total. The van der Waals surface area contributed by atoms with E-state index in [1.807, 2.05) is 20.8 Å². The number of carbonyl (C=O) groups excluding carboxylic acids is 1. The molecule has 4 heterocycles. The molecular formula is C49H54Cl2F2N8O5. The number of nitrogens with two attached hydrogens (primary N) is 1. The van der Waals surface area contributed by atoms with Gasteiger partial charge in [0.25, 0.3) is 5.91 Å². The molecule has 0 saturated heterocycles. The van der Waals surface area contributed by atoms with Gasteiger partial charge in [0.05, 0.1) is 47.6 Å². The summed E-state index contributed by atoms with van der Waals surface area (Å²) in [6.45, 7) is 15.3. The molecule has 2 aromatic carbocycles. The lowest BCUT2D eigenvalue weighted by Gasteiger charge is -2.18. The van der Waals surface area contributed by atoms with Crippen molar-refractivity contribution in [2.75, 3.05) is 23.8 Å². The van der Waals surface area contributed by atoms with Gasteiger partial charge in [-0.25, -0.2) is 13.6 Å². The van der Waals surface area contributed by atoms with Crippen LogP contribution in [0.1, 0.15) is 79.8 Å². The highest BCUT2D eigenvalue weighted by molar-refractivity contribution is 6.31. The Morgan fingerprint density at radius 2 is 1.14 bits per heavy atom. The van der Waals surface area contributed by atoms with Crippen molar-refractivity contribution >= 4 is 69.0 Å². The number of nitrogens with one attached hydrogen (secondary N) is 3. The first-order valence-electron chi connectivity index (χ1n) is 20.2. The third-order valence-corrected chi connectivity index (χ3v) is 10.1. The average Bonchev–Trinajstić information content (AvgIpc) is 3.29. The van der Waals surface area contributed by atoms with Crippen molar-refractivity contribution in [3.8, 4) is 22.5 Å². The summed E-state index contributed by atoms with van der Waals surface area (Å²) in [5.74, 6) is -2.39. The van der Waals surface area contributed by atoms with Crippen LogP contribution >= 0.6 is 23.2 Å². The van der Waals surface area contributed by atoms with Crippen molar-refractivity contribution in [1.29, 1.82) is 0 Å². The zero-order valence-corrected chi connectivity index (χ0v) is 37.7. The van der Waals surface area contributed by atoms with Crippen LogP contribution < -0.4 is 21.7 Å². The molecule has 17 heteroatoms. The van der Waals surface area contributed by atoms with Crippen molar-refractivity contribution in [2.45, 2.75) is 60.0 Å². The molecule has 0 aliphatic heterocycles. The fourth-order valence-corrected chi connectivity index (χ4v) is 6.14. The SMILES string of the molecule is C.C=C(C)c1cnc(-c2cc(Cl)ccc2F)cc1Nc1ccncc1C(=O)N[C@@H](CC)CO.C=C(C)c1cnc(-c2cc(Cl)ccc2F)cc1Nc1ccncc1C(=O)O.CC[C@H](N)CO. The first kappa shape index (κ1) is 53.7. The van der Waals surface area contributed by atoms with Gasteiger partial charge in [-0.1, -0.05) is 57.6 Å². The summed E-state index contributed by atoms with van der Waals surface area (Å²) in [4.78, 5) is 40.8. The number of allylic oxidation sites excluding steroid dienone is 2. The van der Waals surface area contributed by atoms with Crippen LogP contribution in [0.4, 0.5) is 31.5 Å². The Balaban J connectivity index is 0.000000311. The van der Waals surface area contributed by atoms with E-state index in [1.54, 1.807) is 49.8 Å². The van der Waals surface area contributed by atoms with E-state index in [-0.39, 0.29) is 55.3 Å². The Kier molecular flexibility index (Phi) is 21.0. The van der Waals surface area contributed by atoms with Crippen molar-refractivity contribution in [3.05, 3.63) is 155 Å². The summed E-state index contributed by atoms with van der Waals surface area (Å²) in [5.41, 5.74) is 11.6. The maximum Gasteiger partial charge on any atom is 0.339 e. The number of aromatic nitrogens is 4. The highest BCUT2D eigenvalue weighted by Gasteiger charge is 2.19. The van der Waals surface area contributed by atoms with Crippen LogP contribution in [0.5, 0.6) is 0 Å². The lowest BCUT2D eigenvalue weighted by atomic mass is 10.0. The van der Waals surface area contributed by atoms with Gasteiger partial charge in [0.15, 0.2) is 0 Å². The Bertz CT molecular complexity index is 2640. The highest BCUT2D eigenvalue weighted by Crippen LogP contribution is 2.34. The fraction of sp³-hybridized carbons (Fsp3) is 0.224. The zero-order valence-electron chi connectivity index (χ0n) is 36.2. The summed E-state index contributed by atoms with van der Waals surface area (Å²) in [5, 5.41) is 36.8. The minimum absolute atomic E-state index is 0. The molecule has 0 radical (unpaired) electrons. The summed E-state index contributed by atoms with van der Waals surface area (Å²) >= 11 is 12.0. The summed E-state index contributed by atoms with van der Waals surface area (Å²) in [6, 6.07) is 14.6. The Morgan fingerprint density at radius 1 is 0.682 bits per heavy atom. The number of carboxylic acid groups (broad SMARTS) is 1. The lowest BCUT2D eigenvalue weighted by Crippen LogP contribution is -2.37. The third-order valence-electron chi connectivity index (χ3n) is 9.60. The Morgan fingerprint density at radius 3 is 1.52 bits per heavy atom. The predicted molar refractivity (Wildman–Crippen MR) is 261 cm³/mol. The second-order valence-corrected chi connectivity index (χ2v) is 15.4. The quantitative estimate of drug-likeness (QED) is 0.0513. The van der Waals surface area contributed by atoms with Crippen LogP contribution in [-0.4, -0.2) is 72.4 Å². The normalized spacial score (nSPS) is 11.3. The van der Waals surface area contributed by atoms with Crippen LogP contribution in [-0.2, 0) is 0 Å². The van der Waals surface area contributed by atoms with Crippen LogP contribution in [0.2, 0.25) is 10.0 Å². The molecule has 0 saturated carbocycles. The van der Waals surface area contributed by atoms with E-state index >= 15 is 0 Å². The van der Waals surface area contributed by atoms with Crippen molar-refractivity contribution < 1.29 is 33.7 Å². The van der Waals surface area contributed by atoms with Gasteiger partial charge in [0.1, 0.15) is 17.2 Å². The molecule has 348 valence electrons. The maximum absolute atomic E-state index is 14.4. The Hall–Kier alpha value is -6.62. The summed E-state index contributed by atoms with van der Waals surface area (Å²) in [7, 11) is 0. The first-order chi connectivity index (χ1) is 31.0. The first-order valence-corrected chi connectivity index (χ1v) is 20.9. The van der Waals surface area contributed by atoms with Gasteiger partial charge in [0, 0.05) is 86.9 Å². The lowest BCUT2D eigenvalue weighted by molar-refractivity contribution is 0.0697. The number of pyridine rings is 4. The fourth-order valence-electron chi connectivity index (χ4n) is 5.80. The molecular weight excluding hydrogens is 889 g/mol. The molecule has 0 aliphatic rings. The monoisotopic (exact) mass is 942 g/mol. The minimum Gasteiger partial charge on any atom is -0.478 e. The van der Waals surface area contributed by atoms with E-state index in [4.69, 9.17) is 34.0 Å². The maximum atomic E-state index is 14.4. The molecule has 0 bridgehead atoms. The van der Waals surface area contributed by atoms with Crippen LogP contribution in [0, 0.1) is 11.6 Å². The van der Waals surface area contributed by atoms with E-state index in [9.17, 15) is 28.6 Å². The molecule has 1 amide bonds. The van der Waals surface area contributed by atoms with Crippen LogP contribution in [0.3, 0.4) is 0 Å². The van der Waals surface area contributed by atoms with E-state index in [2.05, 4.69) is 49.0 Å². The van der Waals surface area contributed by atoms with E-state index in [1.165, 1.54) is 55.0 Å². The summed E-state index contributed by atoms with van der Waals surface area (Å²) in [6.07, 6.45) is 10.3. The number of aliphatic hydroxyl groups excluding tert-OH is 2. The third kappa shape index (κ3) is 14.7. The topological polar surface area (TPSA) is 208 Å². The predicted octanol–water partition coefficient (Wildman–Crippen LogP) is 11.0. The molecule has 2 atom stereocenters. The number of amides is 1. The van der Waals surface area contributed by atoms with Gasteiger partial charge in [0.2, 0.25) is 0 Å². The number of anilines is 4. The number of halogens is 4. The number of nitrogens with zero attached hydrogens (tertiary/aromatic N) is 4. The zero-order chi connectivity index (χ0) is 47.8. The standard InChI is InChI=1S/C24H24ClFN4O2.C20H15ClFN3O2.C4H11NO.CH4/c1-4-16(13-31)29-24(32)19-11-27-8-7-21(19)30-23-10-22(28-12-18(23)14(2)3)17-9-15(25)5-6-20(17)26;1-11(2)14-10-24-18(13-7-12(21)3-4-16(13)22)8-19(14)25-17-5-6-23-9-15(17)20(26)27;1-2-4(5)3-6;/h5-12,16,31H,2,4,13H2,1,3H3,(H,29,32)(H,27,28,30);3-10H,1H2,2H3,(H,26,27)(H,23,24,25);4,6H,2-3,5H2,1H3;1H4/t16-;;4-;/m0.0./s1. The molecule has 0 fully saturated rings. The van der Waals surface area contributed by atoms with Crippen molar-refractivity contribution in [3.63, 3.8) is 0 Å². The second-order valence-electron chi connectivity index (χ2n) is 14.5. The highest BCUT2D eigenvalue weighted by atomic mass is 35.5. The van der Waals surface area contributed by atoms with Gasteiger partial charge in [-0.2, -0.15) is 0 Å². The number of hydrogen-bond donors (Lipinski definition) is 7. The van der Waals surface area contributed by atoms with Crippen LogP contribution in [0.25, 0.3) is 33.7 Å². The Labute approximate surface area is 393 Å². The van der Waals surface area contributed by atoms with Crippen LogP contribution in [0.15, 0.2) is 111 Å². The molecule has 8 N–H and O–H groups in total. The van der Waals surface area contributed by atoms with Crippen molar-refractivity contribution in [2.24, 2.45) is 5.73 Å². The van der Waals surface area contributed by atoms with Gasteiger partial charge >= 0.3 is 5.97 Å². The second kappa shape index (κ2) is 25.8. The number of aliphatic hydroxyl groups is 2. The molecule has 6 aromatic rings. The molecule has 4 aromatic heterocycles. The summed E-state index contributed by atoms with van der Waals surface area (Å²) < 4.78 is 28.6. The molecule has 0 aliphatic carbocycles. The number of hydrogen-bond acceptors (Lipinski definition) is 11. The molecule has 0 unspecified atom stereocenters. The molecule has 0 spiro atoms. The largest absolute Gasteiger partial charge is 0.478 e. The number of rotatable bonds is 15. The van der Waals surface area contributed by atoms with E-state index in [0.717, 1.165) is 12.0 Å². The van der Waals surface area contributed by atoms with E-state index < -0.39 is 17.6 Å². The number of carboxylic acids is 1. The van der Waals surface area contributed by atoms with Gasteiger partial charge in [-0.3, -0.25) is 24.7 Å². The number of benzene rings is 2.